The Morgan fingerprint density at radius 2 is 2.20 bits per heavy atom. The average Bonchev–Trinajstić information content (AvgIpc) is 2.37. The van der Waals surface area contributed by atoms with E-state index < -0.39 is 4.92 Å². The number of amides is 1. The summed E-state index contributed by atoms with van der Waals surface area (Å²) in [4.78, 5) is 24.6. The van der Waals surface area contributed by atoms with Crippen LogP contribution in [-0.4, -0.2) is 28.8 Å². The van der Waals surface area contributed by atoms with Crippen LogP contribution in [0.2, 0.25) is 0 Å². The van der Waals surface area contributed by atoms with E-state index in [1.165, 1.54) is 31.4 Å². The number of benzene rings is 1. The van der Waals surface area contributed by atoms with E-state index in [1.54, 1.807) is 11.0 Å². The Morgan fingerprint density at radius 3 is 2.70 bits per heavy atom. The van der Waals surface area contributed by atoms with E-state index in [0.717, 1.165) is 6.54 Å². The summed E-state index contributed by atoms with van der Waals surface area (Å²) in [6.07, 6.45) is 3.57. The van der Waals surface area contributed by atoms with Gasteiger partial charge < -0.3 is 4.90 Å². The lowest BCUT2D eigenvalue weighted by Crippen LogP contribution is -2.37. The highest BCUT2D eigenvalue weighted by Gasteiger charge is 2.25. The molecule has 1 saturated carbocycles. The number of carbonyl (C=O) groups is 1. The van der Waals surface area contributed by atoms with Gasteiger partial charge in [-0.25, -0.2) is 0 Å². The second kappa shape index (κ2) is 6.35. The zero-order valence-corrected chi connectivity index (χ0v) is 12.9. The molecule has 0 aromatic heterocycles. The Hall–Kier alpha value is -1.43. The largest absolute Gasteiger partial charge is 0.339 e. The molecule has 0 saturated heterocycles. The number of hydrogen-bond acceptors (Lipinski definition) is 3. The van der Waals surface area contributed by atoms with Crippen molar-refractivity contribution in [1.29, 1.82) is 0 Å². The van der Waals surface area contributed by atoms with Crippen LogP contribution < -0.4 is 0 Å². The average molecular weight is 341 g/mol. The number of rotatable bonds is 5. The van der Waals surface area contributed by atoms with Crippen molar-refractivity contribution in [3.05, 3.63) is 38.3 Å². The number of hydrogen-bond donors (Lipinski definition) is 0. The minimum absolute atomic E-state index is 0.0590. The van der Waals surface area contributed by atoms with Gasteiger partial charge in [0, 0.05) is 29.7 Å². The van der Waals surface area contributed by atoms with E-state index >= 15 is 0 Å². The zero-order chi connectivity index (χ0) is 14.7. The molecule has 0 heterocycles. The second-order valence-corrected chi connectivity index (χ2v) is 5.92. The molecule has 1 aromatic carbocycles. The number of nitro groups is 1. The van der Waals surface area contributed by atoms with Gasteiger partial charge >= 0.3 is 0 Å². The molecule has 5 nitrogen and oxygen atoms in total. The quantitative estimate of drug-likeness (QED) is 0.607. The number of halogens is 1. The molecule has 1 aliphatic rings. The Balaban J connectivity index is 2.21. The smallest absolute Gasteiger partial charge is 0.270 e. The van der Waals surface area contributed by atoms with Crippen LogP contribution in [0.3, 0.4) is 0 Å². The number of nitro benzene ring substituents is 1. The normalized spacial score (nSPS) is 14.7. The summed E-state index contributed by atoms with van der Waals surface area (Å²) >= 11 is 3.30. The molecule has 0 radical (unpaired) electrons. The summed E-state index contributed by atoms with van der Waals surface area (Å²) in [5.41, 5.74) is 0.302. The van der Waals surface area contributed by atoms with Crippen LogP contribution in [0.1, 0.15) is 36.5 Å². The predicted molar refractivity (Wildman–Crippen MR) is 79.7 cm³/mol. The van der Waals surface area contributed by atoms with Crippen molar-refractivity contribution in [3.63, 3.8) is 0 Å². The number of nitrogens with zero attached hydrogens (tertiary/aromatic N) is 2. The van der Waals surface area contributed by atoms with Gasteiger partial charge in [0.2, 0.25) is 0 Å². The highest BCUT2D eigenvalue weighted by atomic mass is 79.9. The van der Waals surface area contributed by atoms with Gasteiger partial charge in [-0.1, -0.05) is 6.42 Å². The molecule has 2 rings (SSSR count). The monoisotopic (exact) mass is 340 g/mol. The fraction of sp³-hybridized carbons (Fsp3) is 0.500. The minimum atomic E-state index is -0.481. The standard InChI is InChI=1S/C14H17BrN2O3/c1-2-16(9-10-4-3-5-10)14(18)12-8-11(17(19)20)6-7-13(12)15/h6-8,10H,2-5,9H2,1H3. The lowest BCUT2D eigenvalue weighted by Gasteiger charge is -2.32. The summed E-state index contributed by atoms with van der Waals surface area (Å²) in [7, 11) is 0. The van der Waals surface area contributed by atoms with Crippen LogP contribution in [0.5, 0.6) is 0 Å². The molecule has 1 aromatic rings. The van der Waals surface area contributed by atoms with Crippen molar-refractivity contribution < 1.29 is 9.72 Å². The summed E-state index contributed by atoms with van der Waals surface area (Å²) in [6, 6.07) is 4.29. The molecule has 6 heteroatoms. The Bertz CT molecular complexity index is 529. The first kappa shape index (κ1) is 15.0. The molecule has 0 spiro atoms. The molecule has 0 atom stereocenters. The van der Waals surface area contributed by atoms with Gasteiger partial charge in [0.05, 0.1) is 10.5 Å². The molecule has 0 bridgehead atoms. The molecule has 20 heavy (non-hydrogen) atoms. The van der Waals surface area contributed by atoms with E-state index in [9.17, 15) is 14.9 Å². The highest BCUT2D eigenvalue weighted by molar-refractivity contribution is 9.10. The second-order valence-electron chi connectivity index (χ2n) is 5.06. The first-order valence-corrected chi connectivity index (χ1v) is 7.55. The Labute approximate surface area is 126 Å². The minimum Gasteiger partial charge on any atom is -0.339 e. The number of non-ortho nitro benzene ring substituents is 1. The third kappa shape index (κ3) is 3.17. The molecule has 0 aliphatic heterocycles. The van der Waals surface area contributed by atoms with Gasteiger partial charge in [-0.2, -0.15) is 0 Å². The van der Waals surface area contributed by atoms with Crippen molar-refractivity contribution in [3.8, 4) is 0 Å². The van der Waals surface area contributed by atoms with Crippen LogP contribution in [0, 0.1) is 16.0 Å². The molecule has 0 N–H and O–H groups in total. The maximum absolute atomic E-state index is 12.5. The van der Waals surface area contributed by atoms with Gasteiger partial charge in [-0.3, -0.25) is 14.9 Å². The molecular formula is C14H17BrN2O3. The number of carbonyl (C=O) groups excluding carboxylic acids is 1. The highest BCUT2D eigenvalue weighted by Crippen LogP contribution is 2.29. The van der Waals surface area contributed by atoms with Gasteiger partial charge in [-0.15, -0.1) is 0 Å². The van der Waals surface area contributed by atoms with E-state index in [0.29, 0.717) is 22.5 Å². The zero-order valence-electron chi connectivity index (χ0n) is 11.3. The van der Waals surface area contributed by atoms with Gasteiger partial charge in [-0.05, 0) is 47.7 Å². The Morgan fingerprint density at radius 1 is 1.50 bits per heavy atom. The molecule has 0 unspecified atom stereocenters. The van der Waals surface area contributed by atoms with E-state index in [2.05, 4.69) is 15.9 Å². The topological polar surface area (TPSA) is 63.5 Å². The van der Waals surface area contributed by atoms with Crippen LogP contribution in [0.25, 0.3) is 0 Å². The molecule has 1 fully saturated rings. The van der Waals surface area contributed by atoms with Crippen molar-refractivity contribution in [2.24, 2.45) is 5.92 Å². The fourth-order valence-corrected chi connectivity index (χ4v) is 2.72. The van der Waals surface area contributed by atoms with Crippen molar-refractivity contribution in [2.75, 3.05) is 13.1 Å². The lowest BCUT2D eigenvalue weighted by molar-refractivity contribution is -0.384. The fourth-order valence-electron chi connectivity index (χ4n) is 2.30. The van der Waals surface area contributed by atoms with Crippen LogP contribution in [0.4, 0.5) is 5.69 Å². The summed E-state index contributed by atoms with van der Waals surface area (Å²) in [5.74, 6) is 0.436. The Kier molecular flexibility index (Phi) is 4.75. The SMILES string of the molecule is CCN(CC1CCC1)C(=O)c1cc([N+](=O)[O-])ccc1Br. The van der Waals surface area contributed by atoms with E-state index in [1.807, 2.05) is 6.92 Å². The summed E-state index contributed by atoms with van der Waals surface area (Å²) < 4.78 is 0.597. The maximum Gasteiger partial charge on any atom is 0.270 e. The van der Waals surface area contributed by atoms with E-state index in [-0.39, 0.29) is 11.6 Å². The maximum atomic E-state index is 12.5. The molecule has 1 amide bonds. The van der Waals surface area contributed by atoms with Crippen molar-refractivity contribution in [2.45, 2.75) is 26.2 Å². The lowest BCUT2D eigenvalue weighted by atomic mass is 9.85. The molecule has 1 aliphatic carbocycles. The molecule has 108 valence electrons. The molecular weight excluding hydrogens is 324 g/mol. The van der Waals surface area contributed by atoms with Crippen molar-refractivity contribution in [1.82, 2.24) is 4.90 Å². The summed E-state index contributed by atoms with van der Waals surface area (Å²) in [6.45, 7) is 3.29. The third-order valence-corrected chi connectivity index (χ3v) is 4.45. The first-order valence-electron chi connectivity index (χ1n) is 6.76. The van der Waals surface area contributed by atoms with Crippen LogP contribution in [0.15, 0.2) is 22.7 Å². The van der Waals surface area contributed by atoms with Gasteiger partial charge in [0.1, 0.15) is 0 Å². The van der Waals surface area contributed by atoms with E-state index in [4.69, 9.17) is 0 Å². The van der Waals surface area contributed by atoms with Gasteiger partial charge in [0.15, 0.2) is 0 Å². The van der Waals surface area contributed by atoms with Crippen molar-refractivity contribution >= 4 is 27.5 Å². The third-order valence-electron chi connectivity index (χ3n) is 3.76. The summed E-state index contributed by atoms with van der Waals surface area (Å²) in [5, 5.41) is 10.8. The predicted octanol–water partition coefficient (Wildman–Crippen LogP) is 3.62. The first-order chi connectivity index (χ1) is 9.52. The van der Waals surface area contributed by atoms with Crippen LogP contribution >= 0.6 is 15.9 Å². The van der Waals surface area contributed by atoms with Gasteiger partial charge in [0.25, 0.3) is 11.6 Å². The van der Waals surface area contributed by atoms with Crippen LogP contribution in [-0.2, 0) is 0 Å².